The summed E-state index contributed by atoms with van der Waals surface area (Å²) in [6, 6.07) is 26.5. The number of carbonyl (C=O) groups excluding carboxylic acids is 1. The highest BCUT2D eigenvalue weighted by atomic mass is 32.1. The second-order valence-corrected chi connectivity index (χ2v) is 7.81. The van der Waals surface area contributed by atoms with Crippen LogP contribution in [0.3, 0.4) is 0 Å². The molecular weight excluding hydrogens is 476 g/mol. The molecule has 0 fully saturated rings. The Morgan fingerprint density at radius 1 is 0.806 bits per heavy atom. The summed E-state index contributed by atoms with van der Waals surface area (Å²) in [4.78, 5) is 16.8. The van der Waals surface area contributed by atoms with Crippen molar-refractivity contribution in [1.29, 1.82) is 0 Å². The topological polar surface area (TPSA) is 110 Å². The molecular formula is C26H24N6O3S. The first-order valence-electron chi connectivity index (χ1n) is 11.2. The molecule has 1 amide bonds. The smallest absolute Gasteiger partial charge is 0.336 e. The molecule has 3 N–H and O–H groups in total. The zero-order valence-electron chi connectivity index (χ0n) is 19.5. The second-order valence-electron chi connectivity index (χ2n) is 7.40. The molecule has 4 aromatic rings. The van der Waals surface area contributed by atoms with Gasteiger partial charge in [-0.3, -0.25) is 15.6 Å². The average molecular weight is 501 g/mol. The average Bonchev–Trinajstić information content (AvgIpc) is 2.93. The Kier molecular flexibility index (Phi) is 8.34. The largest absolute Gasteiger partial charge is 0.494 e. The third-order valence-corrected chi connectivity index (χ3v) is 5.04. The van der Waals surface area contributed by atoms with Gasteiger partial charge in [-0.25, -0.2) is 0 Å². The van der Waals surface area contributed by atoms with E-state index in [1.165, 1.54) is 0 Å². The van der Waals surface area contributed by atoms with Crippen molar-refractivity contribution in [3.8, 4) is 34.3 Å². The zero-order valence-corrected chi connectivity index (χ0v) is 20.3. The van der Waals surface area contributed by atoms with Crippen molar-refractivity contribution >= 4 is 28.9 Å². The number of nitrogens with zero attached hydrogens (tertiary/aromatic N) is 3. The van der Waals surface area contributed by atoms with Crippen molar-refractivity contribution in [2.75, 3.05) is 18.5 Å². The maximum Gasteiger partial charge on any atom is 0.336 e. The second kappa shape index (κ2) is 12.2. The Balaban J connectivity index is 1.34. The Hall–Kier alpha value is -4.57. The molecule has 182 valence electrons. The van der Waals surface area contributed by atoms with Crippen LogP contribution in [0.5, 0.6) is 11.8 Å². The van der Waals surface area contributed by atoms with Crippen molar-refractivity contribution < 1.29 is 14.3 Å². The molecule has 3 aromatic carbocycles. The number of hydrogen-bond acceptors (Lipinski definition) is 7. The highest BCUT2D eigenvalue weighted by Gasteiger charge is 2.15. The van der Waals surface area contributed by atoms with Crippen LogP contribution in [-0.4, -0.2) is 39.4 Å². The number of rotatable bonds is 8. The van der Waals surface area contributed by atoms with Crippen LogP contribution in [0.15, 0.2) is 84.9 Å². The fourth-order valence-corrected chi connectivity index (χ4v) is 3.39. The summed E-state index contributed by atoms with van der Waals surface area (Å²) < 4.78 is 10.9. The van der Waals surface area contributed by atoms with E-state index in [2.05, 4.69) is 31.3 Å². The molecule has 0 aliphatic rings. The number of aromatic nitrogens is 3. The fourth-order valence-electron chi connectivity index (χ4n) is 3.22. The zero-order chi connectivity index (χ0) is 25.2. The van der Waals surface area contributed by atoms with Gasteiger partial charge in [0.1, 0.15) is 17.1 Å². The van der Waals surface area contributed by atoms with Crippen molar-refractivity contribution in [3.63, 3.8) is 0 Å². The standard InChI is InChI=1S/C26H24N6O3S/c1-2-34-21-15-13-20(14-16-21)27-26(36)32-29-22(33)17-35-25-28-23(18-9-5-3-6-10-18)24(30-31-25)19-11-7-4-8-12-19/h3-16H,2,17H2,1H3,(H,29,33)(H2,27,32,36). The van der Waals surface area contributed by atoms with E-state index in [-0.39, 0.29) is 17.7 Å². The summed E-state index contributed by atoms with van der Waals surface area (Å²) in [7, 11) is 0. The van der Waals surface area contributed by atoms with Gasteiger partial charge in [0, 0.05) is 16.8 Å². The SMILES string of the molecule is CCOc1ccc(NC(=S)NNC(=O)COc2nnc(-c3ccccc3)c(-c3ccccc3)n2)cc1. The fraction of sp³-hybridized carbons (Fsp3) is 0.115. The van der Waals surface area contributed by atoms with Crippen LogP contribution in [0, 0.1) is 0 Å². The van der Waals surface area contributed by atoms with Crippen LogP contribution in [0.25, 0.3) is 22.5 Å². The summed E-state index contributed by atoms with van der Waals surface area (Å²) in [5.41, 5.74) is 8.79. The number of benzene rings is 3. The summed E-state index contributed by atoms with van der Waals surface area (Å²) in [5, 5.41) is 11.5. The molecule has 36 heavy (non-hydrogen) atoms. The minimum Gasteiger partial charge on any atom is -0.494 e. The van der Waals surface area contributed by atoms with Crippen LogP contribution >= 0.6 is 12.2 Å². The van der Waals surface area contributed by atoms with Gasteiger partial charge in [-0.05, 0) is 43.4 Å². The van der Waals surface area contributed by atoms with Crippen LogP contribution < -0.4 is 25.6 Å². The molecule has 4 rings (SSSR count). The third kappa shape index (κ3) is 6.73. The monoisotopic (exact) mass is 500 g/mol. The summed E-state index contributed by atoms with van der Waals surface area (Å²) in [5.74, 6) is 0.291. The van der Waals surface area contributed by atoms with Gasteiger partial charge in [0.2, 0.25) is 0 Å². The van der Waals surface area contributed by atoms with Gasteiger partial charge < -0.3 is 14.8 Å². The Labute approximate surface area is 213 Å². The van der Waals surface area contributed by atoms with E-state index in [0.29, 0.717) is 18.0 Å². The number of ether oxygens (including phenoxy) is 2. The van der Waals surface area contributed by atoms with Crippen LogP contribution in [0.4, 0.5) is 5.69 Å². The van der Waals surface area contributed by atoms with Gasteiger partial charge in [-0.15, -0.1) is 5.10 Å². The third-order valence-electron chi connectivity index (χ3n) is 4.83. The number of anilines is 1. The Morgan fingerprint density at radius 3 is 2.08 bits per heavy atom. The van der Waals surface area contributed by atoms with Crippen LogP contribution in [0.1, 0.15) is 6.92 Å². The molecule has 0 unspecified atom stereocenters. The molecule has 0 radical (unpaired) electrons. The van der Waals surface area contributed by atoms with E-state index >= 15 is 0 Å². The highest BCUT2D eigenvalue weighted by molar-refractivity contribution is 7.80. The van der Waals surface area contributed by atoms with Crippen LogP contribution in [-0.2, 0) is 4.79 Å². The number of hydrogen-bond donors (Lipinski definition) is 3. The van der Waals surface area contributed by atoms with Gasteiger partial charge in [0.05, 0.1) is 6.61 Å². The molecule has 1 aromatic heterocycles. The van der Waals surface area contributed by atoms with Crippen molar-refractivity contribution in [3.05, 3.63) is 84.9 Å². The predicted molar refractivity (Wildman–Crippen MR) is 141 cm³/mol. The van der Waals surface area contributed by atoms with Gasteiger partial charge in [0.15, 0.2) is 11.7 Å². The Bertz CT molecular complexity index is 1300. The molecule has 0 aliphatic heterocycles. The molecule has 0 aliphatic carbocycles. The van der Waals surface area contributed by atoms with E-state index in [1.807, 2.05) is 91.9 Å². The Morgan fingerprint density at radius 2 is 1.44 bits per heavy atom. The predicted octanol–water partition coefficient (Wildman–Crippen LogP) is 4.00. The first-order chi connectivity index (χ1) is 17.6. The summed E-state index contributed by atoms with van der Waals surface area (Å²) in [6.07, 6.45) is 0. The molecule has 0 spiro atoms. The first kappa shape index (κ1) is 24.6. The van der Waals surface area contributed by atoms with Gasteiger partial charge in [0.25, 0.3) is 5.91 Å². The lowest BCUT2D eigenvalue weighted by Gasteiger charge is -2.13. The molecule has 0 saturated heterocycles. The molecule has 0 bridgehead atoms. The van der Waals surface area contributed by atoms with E-state index in [0.717, 1.165) is 22.6 Å². The summed E-state index contributed by atoms with van der Waals surface area (Å²) >= 11 is 5.20. The van der Waals surface area contributed by atoms with Crippen molar-refractivity contribution in [2.24, 2.45) is 0 Å². The lowest BCUT2D eigenvalue weighted by molar-refractivity contribution is -0.123. The normalized spacial score (nSPS) is 10.2. The first-order valence-corrected chi connectivity index (χ1v) is 11.6. The number of nitrogens with one attached hydrogen (secondary N) is 3. The van der Waals surface area contributed by atoms with Gasteiger partial charge in [-0.2, -0.15) is 4.98 Å². The maximum absolute atomic E-state index is 12.3. The molecule has 9 nitrogen and oxygen atoms in total. The lowest BCUT2D eigenvalue weighted by atomic mass is 10.0. The number of thiocarbonyl (C=S) groups is 1. The van der Waals surface area contributed by atoms with Crippen molar-refractivity contribution in [1.82, 2.24) is 26.0 Å². The lowest BCUT2D eigenvalue weighted by Crippen LogP contribution is -2.45. The van der Waals surface area contributed by atoms with E-state index in [1.54, 1.807) is 0 Å². The quantitative estimate of drug-likeness (QED) is 0.244. The van der Waals surface area contributed by atoms with Gasteiger partial charge >= 0.3 is 6.01 Å². The van der Waals surface area contributed by atoms with Gasteiger partial charge in [-0.1, -0.05) is 65.8 Å². The molecule has 10 heteroatoms. The number of hydrazine groups is 1. The number of amides is 1. The van der Waals surface area contributed by atoms with E-state index < -0.39 is 5.91 Å². The molecule has 1 heterocycles. The van der Waals surface area contributed by atoms with Crippen molar-refractivity contribution in [2.45, 2.75) is 6.92 Å². The van der Waals surface area contributed by atoms with Crippen LogP contribution in [0.2, 0.25) is 0 Å². The van der Waals surface area contributed by atoms with E-state index in [4.69, 9.17) is 21.7 Å². The highest BCUT2D eigenvalue weighted by Crippen LogP contribution is 2.29. The van der Waals surface area contributed by atoms with E-state index in [9.17, 15) is 4.79 Å². The minimum atomic E-state index is -0.470. The minimum absolute atomic E-state index is 0.0150. The maximum atomic E-state index is 12.3. The number of carbonyl (C=O) groups is 1. The summed E-state index contributed by atoms with van der Waals surface area (Å²) in [6.45, 7) is 2.17. The molecule has 0 atom stereocenters. The molecule has 0 saturated carbocycles.